The molecule has 6 heteroatoms. The molecule has 0 spiro atoms. The lowest BCUT2D eigenvalue weighted by atomic mass is 9.92. The summed E-state index contributed by atoms with van der Waals surface area (Å²) in [4.78, 5) is 2.33. The van der Waals surface area contributed by atoms with Gasteiger partial charge in [-0.2, -0.15) is 0 Å². The summed E-state index contributed by atoms with van der Waals surface area (Å²) in [5, 5.41) is 14.3. The second kappa shape index (κ2) is 7.76. The lowest BCUT2D eigenvalue weighted by Gasteiger charge is -2.33. The van der Waals surface area contributed by atoms with Gasteiger partial charge in [0.05, 0.1) is 14.2 Å². The van der Waals surface area contributed by atoms with Gasteiger partial charge in [-0.25, -0.2) is 0 Å². The molecule has 2 aliphatic heterocycles. The van der Waals surface area contributed by atoms with Gasteiger partial charge in [0.1, 0.15) is 0 Å². The summed E-state index contributed by atoms with van der Waals surface area (Å²) < 4.78 is 17.4. The number of ether oxygens (including phenoxy) is 3. The largest absolute Gasteiger partial charge is 0.502 e. The molecule has 0 aliphatic carbocycles. The van der Waals surface area contributed by atoms with E-state index in [-0.39, 0.29) is 11.8 Å². The standard InChI is InChI=1S/C23H30N2O4/c1-13-21-16(6-8-24-13)11-20(28-5)22(26)23(21)29-19-12-17-14(2)25(3)9-7-15(17)10-18(19)27-4/h10-14,24,26H,6-9H2,1-5H3. The molecule has 29 heavy (non-hydrogen) atoms. The Morgan fingerprint density at radius 2 is 1.72 bits per heavy atom. The average Bonchev–Trinajstić information content (AvgIpc) is 2.72. The highest BCUT2D eigenvalue weighted by Gasteiger charge is 2.29. The molecule has 0 saturated carbocycles. The molecule has 0 amide bonds. The fourth-order valence-corrected chi connectivity index (χ4v) is 4.46. The Morgan fingerprint density at radius 3 is 2.45 bits per heavy atom. The van der Waals surface area contributed by atoms with Crippen LogP contribution in [0.15, 0.2) is 18.2 Å². The van der Waals surface area contributed by atoms with E-state index >= 15 is 0 Å². The molecule has 0 bridgehead atoms. The number of methoxy groups -OCH3 is 2. The maximum atomic E-state index is 10.9. The van der Waals surface area contributed by atoms with E-state index in [4.69, 9.17) is 14.2 Å². The second-order valence-electron chi connectivity index (χ2n) is 7.97. The van der Waals surface area contributed by atoms with Gasteiger partial charge in [-0.3, -0.25) is 4.90 Å². The molecule has 6 nitrogen and oxygen atoms in total. The predicted molar refractivity (Wildman–Crippen MR) is 113 cm³/mol. The van der Waals surface area contributed by atoms with Crippen molar-refractivity contribution < 1.29 is 19.3 Å². The van der Waals surface area contributed by atoms with Crippen molar-refractivity contribution in [2.45, 2.75) is 38.8 Å². The van der Waals surface area contributed by atoms with Crippen molar-refractivity contribution in [1.29, 1.82) is 0 Å². The Bertz CT molecular complexity index is 928. The van der Waals surface area contributed by atoms with Crippen molar-refractivity contribution in [2.24, 2.45) is 0 Å². The number of phenols is 1. The number of hydrogen-bond donors (Lipinski definition) is 2. The third-order valence-corrected chi connectivity index (χ3v) is 6.32. The number of rotatable bonds is 4. The topological polar surface area (TPSA) is 63.2 Å². The summed E-state index contributed by atoms with van der Waals surface area (Å²) in [6.07, 6.45) is 1.84. The third-order valence-electron chi connectivity index (χ3n) is 6.32. The number of nitrogens with zero attached hydrogens (tertiary/aromatic N) is 1. The first-order valence-electron chi connectivity index (χ1n) is 10.2. The number of phenolic OH excluding ortho intramolecular Hbond substituents is 1. The van der Waals surface area contributed by atoms with Crippen LogP contribution in [0.25, 0.3) is 0 Å². The van der Waals surface area contributed by atoms with Crippen LogP contribution in [0.5, 0.6) is 28.7 Å². The molecule has 2 aromatic carbocycles. The molecular formula is C23H30N2O4. The minimum Gasteiger partial charge on any atom is -0.502 e. The summed E-state index contributed by atoms with van der Waals surface area (Å²) in [6.45, 7) is 6.18. The zero-order chi connectivity index (χ0) is 20.7. The molecular weight excluding hydrogens is 368 g/mol. The van der Waals surface area contributed by atoms with E-state index in [1.54, 1.807) is 14.2 Å². The summed E-state index contributed by atoms with van der Waals surface area (Å²) in [5.41, 5.74) is 4.62. The first-order chi connectivity index (χ1) is 13.9. The van der Waals surface area contributed by atoms with Crippen molar-refractivity contribution in [2.75, 3.05) is 34.4 Å². The molecule has 2 unspecified atom stereocenters. The van der Waals surface area contributed by atoms with E-state index in [0.717, 1.165) is 37.1 Å². The Labute approximate surface area is 172 Å². The summed E-state index contributed by atoms with van der Waals surface area (Å²) in [5.74, 6) is 2.17. The zero-order valence-electron chi connectivity index (χ0n) is 17.8. The average molecular weight is 399 g/mol. The van der Waals surface area contributed by atoms with Gasteiger partial charge in [-0.05, 0) is 75.2 Å². The molecule has 2 atom stereocenters. The Balaban J connectivity index is 1.84. The van der Waals surface area contributed by atoms with Crippen LogP contribution >= 0.6 is 0 Å². The number of aromatic hydroxyl groups is 1. The highest BCUT2D eigenvalue weighted by molar-refractivity contribution is 5.62. The lowest BCUT2D eigenvalue weighted by molar-refractivity contribution is 0.246. The van der Waals surface area contributed by atoms with Gasteiger partial charge in [0.15, 0.2) is 23.0 Å². The molecule has 0 aromatic heterocycles. The van der Waals surface area contributed by atoms with Crippen molar-refractivity contribution in [3.05, 3.63) is 40.5 Å². The van der Waals surface area contributed by atoms with Gasteiger partial charge in [-0.15, -0.1) is 0 Å². The van der Waals surface area contributed by atoms with Crippen LogP contribution in [0.3, 0.4) is 0 Å². The van der Waals surface area contributed by atoms with E-state index in [1.807, 2.05) is 6.07 Å². The number of hydrogen-bond acceptors (Lipinski definition) is 6. The van der Waals surface area contributed by atoms with Crippen LogP contribution in [-0.4, -0.2) is 44.4 Å². The Morgan fingerprint density at radius 1 is 1.00 bits per heavy atom. The Kier molecular flexibility index (Phi) is 5.32. The molecule has 4 rings (SSSR count). The molecule has 156 valence electrons. The van der Waals surface area contributed by atoms with Crippen molar-refractivity contribution in [1.82, 2.24) is 10.2 Å². The normalized spacial score (nSPS) is 21.3. The van der Waals surface area contributed by atoms with Crippen molar-refractivity contribution in [3.63, 3.8) is 0 Å². The maximum Gasteiger partial charge on any atom is 0.201 e. The van der Waals surface area contributed by atoms with Crippen LogP contribution in [0.1, 0.15) is 48.2 Å². The van der Waals surface area contributed by atoms with Gasteiger partial charge < -0.3 is 24.6 Å². The van der Waals surface area contributed by atoms with Gasteiger partial charge in [0.25, 0.3) is 0 Å². The highest BCUT2D eigenvalue weighted by Crippen LogP contribution is 2.49. The zero-order valence-corrected chi connectivity index (χ0v) is 17.8. The van der Waals surface area contributed by atoms with Crippen LogP contribution in [0, 0.1) is 0 Å². The summed E-state index contributed by atoms with van der Waals surface area (Å²) in [7, 11) is 5.35. The first kappa shape index (κ1) is 19.9. The number of likely N-dealkylation sites (N-methyl/N-ethyl adjacent to an activating group) is 1. The first-order valence-corrected chi connectivity index (χ1v) is 10.2. The van der Waals surface area contributed by atoms with Gasteiger partial charge >= 0.3 is 0 Å². The Hall–Kier alpha value is -2.44. The van der Waals surface area contributed by atoms with Crippen LogP contribution in [0.2, 0.25) is 0 Å². The highest BCUT2D eigenvalue weighted by atomic mass is 16.5. The number of benzene rings is 2. The minimum absolute atomic E-state index is 0.0201. The fraction of sp³-hybridized carbons (Fsp3) is 0.478. The monoisotopic (exact) mass is 398 g/mol. The SMILES string of the molecule is COc1cc2c(cc1Oc1c(O)c(OC)cc3c1C(C)NCC3)C(C)N(C)CC2. The molecule has 0 fully saturated rings. The smallest absolute Gasteiger partial charge is 0.201 e. The van der Waals surface area contributed by atoms with E-state index in [0.29, 0.717) is 29.0 Å². The second-order valence-corrected chi connectivity index (χ2v) is 7.97. The minimum atomic E-state index is 0.0201. The summed E-state index contributed by atoms with van der Waals surface area (Å²) in [6, 6.07) is 6.40. The van der Waals surface area contributed by atoms with E-state index in [9.17, 15) is 5.11 Å². The third kappa shape index (κ3) is 3.40. The molecule has 2 aromatic rings. The molecule has 2 N–H and O–H groups in total. The number of fused-ring (bicyclic) bond motifs is 2. The quantitative estimate of drug-likeness (QED) is 0.813. The van der Waals surface area contributed by atoms with Gasteiger partial charge in [-0.1, -0.05) is 0 Å². The predicted octanol–water partition coefficient (Wildman–Crippen LogP) is 3.96. The molecule has 2 heterocycles. The lowest BCUT2D eigenvalue weighted by Crippen LogP contribution is -2.30. The van der Waals surface area contributed by atoms with Crippen molar-refractivity contribution >= 4 is 0 Å². The maximum absolute atomic E-state index is 10.9. The van der Waals surface area contributed by atoms with Gasteiger partial charge in [0.2, 0.25) is 5.75 Å². The molecule has 2 aliphatic rings. The molecule has 0 saturated heterocycles. The fourth-order valence-electron chi connectivity index (χ4n) is 4.46. The van der Waals surface area contributed by atoms with E-state index in [2.05, 4.69) is 43.2 Å². The van der Waals surface area contributed by atoms with Crippen LogP contribution in [-0.2, 0) is 12.8 Å². The summed E-state index contributed by atoms with van der Waals surface area (Å²) >= 11 is 0. The van der Waals surface area contributed by atoms with E-state index in [1.165, 1.54) is 11.1 Å². The molecule has 0 radical (unpaired) electrons. The van der Waals surface area contributed by atoms with Gasteiger partial charge in [0, 0.05) is 24.2 Å². The van der Waals surface area contributed by atoms with Crippen molar-refractivity contribution in [3.8, 4) is 28.7 Å². The number of nitrogens with one attached hydrogen (secondary N) is 1. The van der Waals surface area contributed by atoms with E-state index < -0.39 is 0 Å². The van der Waals surface area contributed by atoms with Crippen LogP contribution in [0.4, 0.5) is 0 Å². The van der Waals surface area contributed by atoms with Crippen LogP contribution < -0.4 is 19.5 Å².